The number of carbonyl (C=O) groups excluding carboxylic acids is 1. The summed E-state index contributed by atoms with van der Waals surface area (Å²) >= 11 is 7.11. The molecule has 146 valence electrons. The third kappa shape index (κ3) is 3.59. The second-order valence-electron chi connectivity index (χ2n) is 6.68. The summed E-state index contributed by atoms with van der Waals surface area (Å²) in [4.78, 5) is 26.7. The van der Waals surface area contributed by atoms with Crippen LogP contribution in [0, 0.1) is 0 Å². The van der Waals surface area contributed by atoms with Crippen LogP contribution in [0.5, 0.6) is 5.75 Å². The zero-order valence-electron chi connectivity index (χ0n) is 15.0. The second kappa shape index (κ2) is 7.85. The highest BCUT2D eigenvalue weighted by atomic mass is 35.5. The number of anilines is 2. The molecule has 0 radical (unpaired) electrons. The van der Waals surface area contributed by atoms with Gasteiger partial charge in [0.05, 0.1) is 15.6 Å². The van der Waals surface area contributed by atoms with Gasteiger partial charge in [0, 0.05) is 24.7 Å². The van der Waals surface area contributed by atoms with Gasteiger partial charge in [-0.1, -0.05) is 0 Å². The van der Waals surface area contributed by atoms with Crippen LogP contribution in [0.15, 0.2) is 39.5 Å². The van der Waals surface area contributed by atoms with Crippen molar-refractivity contribution in [2.24, 2.45) is 0 Å². The van der Waals surface area contributed by atoms with E-state index in [9.17, 15) is 14.7 Å². The number of carbonyl (C=O) groups is 1. The summed E-state index contributed by atoms with van der Waals surface area (Å²) in [6.07, 6.45) is 3.58. The smallest absolute Gasteiger partial charge is 0.239 e. The summed E-state index contributed by atoms with van der Waals surface area (Å²) in [7, 11) is 0. The van der Waals surface area contributed by atoms with Crippen molar-refractivity contribution < 1.29 is 14.3 Å². The van der Waals surface area contributed by atoms with Crippen LogP contribution in [0.25, 0.3) is 22.0 Å². The Labute approximate surface area is 170 Å². The van der Waals surface area contributed by atoms with Gasteiger partial charge >= 0.3 is 0 Å². The molecule has 0 saturated carbocycles. The molecule has 1 amide bonds. The van der Waals surface area contributed by atoms with Gasteiger partial charge < -0.3 is 19.7 Å². The number of halogens is 1. The van der Waals surface area contributed by atoms with E-state index in [1.807, 2.05) is 12.1 Å². The molecule has 2 aliphatic heterocycles. The minimum Gasteiger partial charge on any atom is -0.503 e. The van der Waals surface area contributed by atoms with E-state index in [0.717, 1.165) is 23.0 Å². The van der Waals surface area contributed by atoms with Crippen LogP contribution >= 0.6 is 22.9 Å². The molecule has 0 spiro atoms. The molecule has 0 unspecified atom stereocenters. The van der Waals surface area contributed by atoms with Gasteiger partial charge in [-0.2, -0.15) is 0 Å². The molecule has 1 aromatic rings. The number of amides is 1. The SMILES string of the molecule is O=C(CCl)Nc1c2ccc(=O)cc-2oc(-c2ccc(N3CCCCC3)s2)c1O. The lowest BCUT2D eigenvalue weighted by Gasteiger charge is -2.27. The first-order chi connectivity index (χ1) is 13.6. The lowest BCUT2D eigenvalue weighted by atomic mass is 10.1. The van der Waals surface area contributed by atoms with Gasteiger partial charge in [0.1, 0.15) is 11.6 Å². The number of piperidine rings is 1. The van der Waals surface area contributed by atoms with Gasteiger partial charge in [-0.3, -0.25) is 9.59 Å². The molecule has 6 nitrogen and oxygen atoms in total. The fourth-order valence-corrected chi connectivity index (χ4v) is 4.50. The zero-order chi connectivity index (χ0) is 19.7. The molecular weight excluding hydrogens is 400 g/mol. The number of benzene rings is 1. The van der Waals surface area contributed by atoms with Crippen molar-refractivity contribution in [3.05, 3.63) is 40.6 Å². The van der Waals surface area contributed by atoms with Crippen molar-refractivity contribution in [3.63, 3.8) is 0 Å². The number of aromatic hydroxyl groups is 1. The lowest BCUT2D eigenvalue weighted by molar-refractivity contribution is -0.113. The van der Waals surface area contributed by atoms with Crippen LogP contribution in [0.1, 0.15) is 19.3 Å². The fraction of sp³-hybridized carbons (Fsp3) is 0.300. The monoisotopic (exact) mass is 418 g/mol. The summed E-state index contributed by atoms with van der Waals surface area (Å²) in [5, 5.41) is 14.6. The molecule has 0 bridgehead atoms. The Morgan fingerprint density at radius 3 is 2.75 bits per heavy atom. The molecule has 2 N–H and O–H groups in total. The Morgan fingerprint density at radius 1 is 1.21 bits per heavy atom. The highest BCUT2D eigenvalue weighted by Gasteiger charge is 2.24. The van der Waals surface area contributed by atoms with Gasteiger partial charge in [-0.05, 0) is 43.5 Å². The summed E-state index contributed by atoms with van der Waals surface area (Å²) < 4.78 is 5.87. The number of alkyl halides is 1. The predicted molar refractivity (Wildman–Crippen MR) is 112 cm³/mol. The number of hydrogen-bond acceptors (Lipinski definition) is 6. The van der Waals surface area contributed by atoms with E-state index in [-0.39, 0.29) is 34.3 Å². The van der Waals surface area contributed by atoms with E-state index in [2.05, 4.69) is 10.2 Å². The van der Waals surface area contributed by atoms with Crippen LogP contribution in [-0.4, -0.2) is 30.0 Å². The Morgan fingerprint density at radius 2 is 2.00 bits per heavy atom. The number of nitrogens with zero attached hydrogens (tertiary/aromatic N) is 1. The lowest BCUT2D eigenvalue weighted by Crippen LogP contribution is -2.28. The minimum absolute atomic E-state index is 0.184. The molecule has 3 heterocycles. The molecule has 8 heteroatoms. The van der Waals surface area contributed by atoms with Crippen LogP contribution in [0.4, 0.5) is 10.7 Å². The molecule has 3 aliphatic rings. The Kier molecular flexibility index (Phi) is 5.28. The van der Waals surface area contributed by atoms with E-state index in [4.69, 9.17) is 16.0 Å². The molecule has 0 aromatic carbocycles. The van der Waals surface area contributed by atoms with Crippen molar-refractivity contribution in [1.82, 2.24) is 0 Å². The average molecular weight is 419 g/mol. The quantitative estimate of drug-likeness (QED) is 0.615. The summed E-state index contributed by atoms with van der Waals surface area (Å²) in [6, 6.07) is 8.10. The van der Waals surface area contributed by atoms with E-state index in [1.165, 1.54) is 48.8 Å². The van der Waals surface area contributed by atoms with Crippen LogP contribution < -0.4 is 15.6 Å². The fourth-order valence-electron chi connectivity index (χ4n) is 3.39. The van der Waals surface area contributed by atoms with Gasteiger partial charge in [-0.25, -0.2) is 0 Å². The number of hydrogen-bond donors (Lipinski definition) is 2. The molecular formula is C20H19ClN2O4S. The number of rotatable bonds is 4. The first-order valence-corrected chi connectivity index (χ1v) is 10.4. The largest absolute Gasteiger partial charge is 0.503 e. The number of thiophene rings is 1. The normalized spacial score (nSPS) is 14.4. The molecule has 0 atom stereocenters. The maximum atomic E-state index is 11.9. The Hall–Kier alpha value is -2.51. The van der Waals surface area contributed by atoms with E-state index >= 15 is 0 Å². The first kappa shape index (κ1) is 18.8. The average Bonchev–Trinajstić information content (AvgIpc) is 3.20. The molecule has 1 saturated heterocycles. The summed E-state index contributed by atoms with van der Waals surface area (Å²) in [5.74, 6) is -0.382. The van der Waals surface area contributed by atoms with Gasteiger partial charge in [0.25, 0.3) is 0 Å². The van der Waals surface area contributed by atoms with Gasteiger partial charge in [-0.15, -0.1) is 22.9 Å². The van der Waals surface area contributed by atoms with Crippen molar-refractivity contribution >= 4 is 39.5 Å². The predicted octanol–water partition coefficient (Wildman–Crippen LogP) is 4.35. The standard InChI is InChI=1S/C20H19ClN2O4S/c21-11-16(25)22-18-13-5-4-12(24)10-14(13)27-20(19(18)26)15-6-7-17(28-15)23-8-2-1-3-9-23/h4-7,10,26H,1-3,8-9,11H2,(H,22,25). The highest BCUT2D eigenvalue weighted by Crippen LogP contribution is 2.47. The van der Waals surface area contributed by atoms with Crippen molar-refractivity contribution in [2.75, 3.05) is 29.2 Å². The molecule has 1 fully saturated rings. The Balaban J connectivity index is 1.81. The first-order valence-electron chi connectivity index (χ1n) is 9.07. The van der Waals surface area contributed by atoms with Crippen molar-refractivity contribution in [1.29, 1.82) is 0 Å². The minimum atomic E-state index is -0.457. The van der Waals surface area contributed by atoms with Crippen LogP contribution in [-0.2, 0) is 4.79 Å². The summed E-state index contributed by atoms with van der Waals surface area (Å²) in [6.45, 7) is 2.02. The molecule has 1 aromatic heterocycles. The van der Waals surface area contributed by atoms with Crippen molar-refractivity contribution in [2.45, 2.75) is 19.3 Å². The van der Waals surface area contributed by atoms with Gasteiger partial charge in [0.15, 0.2) is 16.9 Å². The van der Waals surface area contributed by atoms with E-state index in [0.29, 0.717) is 5.56 Å². The summed E-state index contributed by atoms with van der Waals surface area (Å²) in [5.41, 5.74) is 0.407. The molecule has 1 aliphatic carbocycles. The van der Waals surface area contributed by atoms with Gasteiger partial charge in [0.2, 0.25) is 5.91 Å². The number of nitrogens with one attached hydrogen (secondary N) is 1. The van der Waals surface area contributed by atoms with Crippen LogP contribution in [0.3, 0.4) is 0 Å². The Bertz CT molecular complexity index is 1040. The topological polar surface area (TPSA) is 82.8 Å². The third-order valence-electron chi connectivity index (χ3n) is 4.76. The van der Waals surface area contributed by atoms with Crippen molar-refractivity contribution in [3.8, 4) is 27.7 Å². The molecule has 4 rings (SSSR count). The zero-order valence-corrected chi connectivity index (χ0v) is 16.6. The van der Waals surface area contributed by atoms with E-state index in [1.54, 1.807) is 0 Å². The van der Waals surface area contributed by atoms with E-state index < -0.39 is 5.91 Å². The highest BCUT2D eigenvalue weighted by molar-refractivity contribution is 7.19. The molecule has 28 heavy (non-hydrogen) atoms. The number of fused-ring (bicyclic) bond motifs is 1. The third-order valence-corrected chi connectivity index (χ3v) is 6.14. The van der Waals surface area contributed by atoms with Crippen LogP contribution in [0.2, 0.25) is 0 Å². The maximum Gasteiger partial charge on any atom is 0.239 e. The maximum absolute atomic E-state index is 11.9. The second-order valence-corrected chi connectivity index (χ2v) is 8.01.